The first kappa shape index (κ1) is 24.1. The molecule has 1 fully saturated rings. The van der Waals surface area contributed by atoms with Gasteiger partial charge in [-0.2, -0.15) is 0 Å². The summed E-state index contributed by atoms with van der Waals surface area (Å²) >= 11 is 0. The summed E-state index contributed by atoms with van der Waals surface area (Å²) in [5.41, 5.74) is 0.338. The Hall–Kier alpha value is -0.940. The quantitative estimate of drug-likeness (QED) is 0.206. The third-order valence-electron chi connectivity index (χ3n) is 4.99. The lowest BCUT2D eigenvalue weighted by atomic mass is 9.84. The van der Waals surface area contributed by atoms with E-state index in [1.54, 1.807) is 12.3 Å². The van der Waals surface area contributed by atoms with Crippen molar-refractivity contribution in [2.24, 2.45) is 10.4 Å². The largest absolute Gasteiger partial charge is 0.357 e. The molecule has 1 saturated carbocycles. The van der Waals surface area contributed by atoms with Crippen molar-refractivity contribution in [3.05, 3.63) is 24.5 Å². The number of guanidine groups is 1. The second-order valence-electron chi connectivity index (χ2n) is 6.77. The molecule has 0 aliphatic heterocycles. The van der Waals surface area contributed by atoms with Gasteiger partial charge in [-0.05, 0) is 43.7 Å². The number of aromatic nitrogens is 1. The molecular weight excluding hydrogens is 477 g/mol. The van der Waals surface area contributed by atoms with Gasteiger partial charge in [0.05, 0.1) is 0 Å². The van der Waals surface area contributed by atoms with Crippen molar-refractivity contribution in [2.45, 2.75) is 50.8 Å². The Morgan fingerprint density at radius 1 is 1.22 bits per heavy atom. The van der Waals surface area contributed by atoms with Crippen LogP contribution in [-0.4, -0.2) is 45.5 Å². The van der Waals surface area contributed by atoms with Gasteiger partial charge in [-0.3, -0.25) is 9.98 Å². The van der Waals surface area contributed by atoms with Crippen molar-refractivity contribution in [1.82, 2.24) is 20.3 Å². The van der Waals surface area contributed by atoms with Crippen molar-refractivity contribution in [2.75, 3.05) is 26.2 Å². The molecule has 1 aliphatic rings. The molecule has 0 radical (unpaired) electrons. The molecule has 0 aromatic carbocycles. The molecule has 27 heavy (non-hydrogen) atoms. The number of hydrogen-bond donors (Lipinski definition) is 3. The van der Waals surface area contributed by atoms with Crippen LogP contribution in [0, 0.1) is 5.41 Å². The van der Waals surface area contributed by atoms with Crippen LogP contribution in [0.15, 0.2) is 34.4 Å². The van der Waals surface area contributed by atoms with Crippen LogP contribution in [0.4, 0.5) is 0 Å². The normalized spacial score (nSPS) is 16.6. The number of nitrogens with zero attached hydrogens (tertiary/aromatic N) is 2. The summed E-state index contributed by atoms with van der Waals surface area (Å²) in [5, 5.41) is 6.44. The van der Waals surface area contributed by atoms with Crippen LogP contribution in [0.5, 0.6) is 0 Å². The van der Waals surface area contributed by atoms with Gasteiger partial charge in [0, 0.05) is 38.6 Å². The second-order valence-corrected chi connectivity index (χ2v) is 8.54. The molecule has 0 unspecified atom stereocenters. The summed E-state index contributed by atoms with van der Waals surface area (Å²) < 4.78 is 26.9. The highest BCUT2D eigenvalue weighted by Gasteiger charge is 2.31. The third kappa shape index (κ3) is 7.53. The smallest absolute Gasteiger partial charge is 0.242 e. The van der Waals surface area contributed by atoms with Crippen LogP contribution in [-0.2, 0) is 10.0 Å². The van der Waals surface area contributed by atoms with Gasteiger partial charge in [-0.1, -0.05) is 19.8 Å². The van der Waals surface area contributed by atoms with Gasteiger partial charge in [0.2, 0.25) is 10.0 Å². The Balaban J connectivity index is 0.00000364. The average molecular weight is 509 g/mol. The standard InChI is InChI=1S/C18H31N5O2S.HI/c1-3-18(9-5-6-10-18)15-22-17(20-4-2)21-12-13-23-26(24,25)16-8-7-11-19-14-16;/h7-8,11,14,23H,3-6,9-10,12-13,15H2,1-2H3,(H2,20,21,22);1H. The Kier molecular flexibility index (Phi) is 10.5. The first-order chi connectivity index (χ1) is 12.5. The molecule has 2 rings (SSSR count). The molecule has 3 N–H and O–H groups in total. The highest BCUT2D eigenvalue weighted by atomic mass is 127. The van der Waals surface area contributed by atoms with E-state index < -0.39 is 10.0 Å². The van der Waals surface area contributed by atoms with E-state index in [0.717, 1.165) is 25.5 Å². The zero-order chi connectivity index (χ0) is 18.9. The van der Waals surface area contributed by atoms with Crippen LogP contribution in [0.2, 0.25) is 0 Å². The van der Waals surface area contributed by atoms with Gasteiger partial charge >= 0.3 is 0 Å². The fourth-order valence-corrected chi connectivity index (χ4v) is 4.29. The number of pyridine rings is 1. The van der Waals surface area contributed by atoms with Gasteiger partial charge in [0.1, 0.15) is 4.90 Å². The molecule has 0 saturated heterocycles. The molecule has 7 nitrogen and oxygen atoms in total. The summed E-state index contributed by atoms with van der Waals surface area (Å²) in [5.74, 6) is 0.743. The molecule has 0 spiro atoms. The fourth-order valence-electron chi connectivity index (χ4n) is 3.29. The summed E-state index contributed by atoms with van der Waals surface area (Å²) in [7, 11) is -3.52. The zero-order valence-corrected chi connectivity index (χ0v) is 19.3. The molecular formula is C18H32IN5O2S. The van der Waals surface area contributed by atoms with E-state index in [-0.39, 0.29) is 35.4 Å². The van der Waals surface area contributed by atoms with E-state index in [1.165, 1.54) is 37.9 Å². The highest BCUT2D eigenvalue weighted by molar-refractivity contribution is 14.0. The Morgan fingerprint density at radius 2 is 1.96 bits per heavy atom. The predicted octanol–water partition coefficient (Wildman–Crippen LogP) is 2.50. The summed E-state index contributed by atoms with van der Waals surface area (Å²) in [4.78, 5) is 8.76. The lowest BCUT2D eigenvalue weighted by molar-refractivity contribution is 0.297. The van der Waals surface area contributed by atoms with Crippen molar-refractivity contribution >= 4 is 40.0 Å². The molecule has 1 heterocycles. The van der Waals surface area contributed by atoms with Crippen molar-refractivity contribution in [3.8, 4) is 0 Å². The highest BCUT2D eigenvalue weighted by Crippen LogP contribution is 2.41. The van der Waals surface area contributed by atoms with E-state index in [0.29, 0.717) is 12.0 Å². The first-order valence-electron chi connectivity index (χ1n) is 9.43. The number of hydrogen-bond acceptors (Lipinski definition) is 4. The number of nitrogens with one attached hydrogen (secondary N) is 3. The second kappa shape index (κ2) is 11.8. The SMILES string of the molecule is CCNC(=NCC1(CC)CCCC1)NCCNS(=O)(=O)c1cccnc1.I. The van der Waals surface area contributed by atoms with Crippen LogP contribution >= 0.6 is 24.0 Å². The van der Waals surface area contributed by atoms with Crippen molar-refractivity contribution < 1.29 is 8.42 Å². The van der Waals surface area contributed by atoms with Gasteiger partial charge in [0.25, 0.3) is 0 Å². The van der Waals surface area contributed by atoms with Gasteiger partial charge < -0.3 is 10.6 Å². The third-order valence-corrected chi connectivity index (χ3v) is 6.43. The molecule has 1 aromatic rings. The summed E-state index contributed by atoms with van der Waals surface area (Å²) in [6.07, 6.45) is 9.13. The van der Waals surface area contributed by atoms with E-state index in [4.69, 9.17) is 4.99 Å². The van der Waals surface area contributed by atoms with E-state index in [2.05, 4.69) is 27.3 Å². The van der Waals surface area contributed by atoms with Gasteiger partial charge in [-0.15, -0.1) is 24.0 Å². The number of rotatable bonds is 9. The minimum atomic E-state index is -3.52. The summed E-state index contributed by atoms with van der Waals surface area (Å²) in [6.45, 7) is 6.60. The van der Waals surface area contributed by atoms with E-state index in [1.807, 2.05) is 6.92 Å². The topological polar surface area (TPSA) is 95.5 Å². The Bertz CT molecular complexity index is 676. The lowest BCUT2D eigenvalue weighted by Crippen LogP contribution is -2.42. The van der Waals surface area contributed by atoms with Crippen molar-refractivity contribution in [1.29, 1.82) is 0 Å². The van der Waals surface area contributed by atoms with E-state index >= 15 is 0 Å². The van der Waals surface area contributed by atoms with Crippen LogP contribution in [0.25, 0.3) is 0 Å². The van der Waals surface area contributed by atoms with Gasteiger partial charge in [0.15, 0.2) is 5.96 Å². The average Bonchev–Trinajstić information content (AvgIpc) is 3.13. The molecule has 0 atom stereocenters. The number of sulfonamides is 1. The maximum atomic E-state index is 12.2. The Morgan fingerprint density at radius 3 is 2.56 bits per heavy atom. The minimum absolute atomic E-state index is 0. The molecule has 0 amide bonds. The fraction of sp³-hybridized carbons (Fsp3) is 0.667. The predicted molar refractivity (Wildman–Crippen MR) is 120 cm³/mol. The lowest BCUT2D eigenvalue weighted by Gasteiger charge is -2.25. The zero-order valence-electron chi connectivity index (χ0n) is 16.2. The maximum Gasteiger partial charge on any atom is 0.242 e. The monoisotopic (exact) mass is 509 g/mol. The Labute approximate surface area is 180 Å². The summed E-state index contributed by atoms with van der Waals surface area (Å²) in [6, 6.07) is 3.13. The maximum absolute atomic E-state index is 12.2. The minimum Gasteiger partial charge on any atom is -0.357 e. The molecule has 0 bridgehead atoms. The molecule has 9 heteroatoms. The van der Waals surface area contributed by atoms with Crippen LogP contribution in [0.1, 0.15) is 46.0 Å². The van der Waals surface area contributed by atoms with Gasteiger partial charge in [-0.25, -0.2) is 13.1 Å². The van der Waals surface area contributed by atoms with Crippen LogP contribution < -0.4 is 15.4 Å². The molecule has 1 aliphatic carbocycles. The number of aliphatic imine (C=N–C) groups is 1. The molecule has 154 valence electrons. The number of halogens is 1. The van der Waals surface area contributed by atoms with E-state index in [9.17, 15) is 8.42 Å². The van der Waals surface area contributed by atoms with Crippen LogP contribution in [0.3, 0.4) is 0 Å². The van der Waals surface area contributed by atoms with Crippen molar-refractivity contribution in [3.63, 3.8) is 0 Å². The first-order valence-corrected chi connectivity index (χ1v) is 10.9. The molecule has 1 aromatic heterocycles.